The Balaban J connectivity index is 0.000000256. The van der Waals surface area contributed by atoms with E-state index in [1.807, 2.05) is 0 Å². The van der Waals surface area contributed by atoms with Crippen LogP contribution < -0.4 is 4.57 Å². The molecular weight excluding hydrogens is 351 g/mol. The van der Waals surface area contributed by atoms with Gasteiger partial charge in [0.1, 0.15) is 0 Å². The first-order valence-corrected chi connectivity index (χ1v) is 8.89. The van der Waals surface area contributed by atoms with Gasteiger partial charge in [0.2, 0.25) is 5.52 Å². The smallest absolute Gasteiger partial charge is 0.194 e. The third kappa shape index (κ3) is 7.42. The summed E-state index contributed by atoms with van der Waals surface area (Å²) in [7, 11) is -10.7. The van der Waals surface area contributed by atoms with Gasteiger partial charge in [-0.1, -0.05) is 42.5 Å². The van der Waals surface area contributed by atoms with Crippen LogP contribution in [0.2, 0.25) is 0 Å². The standard InChI is InChI=1S/C16H14N.F6P/c1-2-7-14(8-3-1)13-17-12-6-10-15-9-4-5-11-16(15)17;1-7(2,3,4,5)6/h1-12H,13H2;/q+1;-1. The van der Waals surface area contributed by atoms with E-state index in [0.717, 1.165) is 6.54 Å². The summed E-state index contributed by atoms with van der Waals surface area (Å²) in [6.45, 7) is 0.919. The number of pyridine rings is 1. The molecule has 0 saturated heterocycles. The second kappa shape index (κ2) is 5.74. The molecule has 0 N–H and O–H groups in total. The molecule has 0 saturated carbocycles. The molecule has 8 heteroatoms. The minimum atomic E-state index is -10.7. The van der Waals surface area contributed by atoms with Crippen LogP contribution >= 0.6 is 7.81 Å². The van der Waals surface area contributed by atoms with Crippen LogP contribution in [0, 0.1) is 0 Å². The van der Waals surface area contributed by atoms with Crippen molar-refractivity contribution < 1.29 is 29.7 Å². The van der Waals surface area contributed by atoms with Crippen LogP contribution in [0.3, 0.4) is 0 Å². The minimum absolute atomic E-state index is 0.919. The zero-order valence-electron chi connectivity index (χ0n) is 12.3. The van der Waals surface area contributed by atoms with E-state index in [0.29, 0.717) is 0 Å². The molecule has 1 heterocycles. The average Bonchev–Trinajstić information content (AvgIpc) is 2.46. The minimum Gasteiger partial charge on any atom is -0.194 e. The maximum Gasteiger partial charge on any atom is 0.212 e. The van der Waals surface area contributed by atoms with Crippen molar-refractivity contribution in [2.24, 2.45) is 0 Å². The summed E-state index contributed by atoms with van der Waals surface area (Å²) in [6.07, 6.45) is 2.13. The number of benzene rings is 2. The SMILES string of the molecule is F[P-](F)(F)(F)(F)F.c1ccc(C[n+]2cccc3ccccc32)cc1. The molecule has 0 amide bonds. The van der Waals surface area contributed by atoms with Gasteiger partial charge in [-0.2, -0.15) is 4.57 Å². The molecule has 0 unspecified atom stereocenters. The number of nitrogens with zero attached hydrogens (tertiary/aromatic N) is 1. The van der Waals surface area contributed by atoms with Gasteiger partial charge in [-0.25, -0.2) is 0 Å². The molecule has 3 aromatic rings. The first-order valence-electron chi connectivity index (χ1n) is 6.86. The summed E-state index contributed by atoms with van der Waals surface area (Å²) in [4.78, 5) is 0. The van der Waals surface area contributed by atoms with Gasteiger partial charge in [0, 0.05) is 23.1 Å². The maximum absolute atomic E-state index is 10.7. The molecule has 0 fully saturated rings. The van der Waals surface area contributed by atoms with Gasteiger partial charge in [-0.05, 0) is 12.1 Å². The number of aromatic nitrogens is 1. The molecule has 0 spiro atoms. The zero-order chi connectivity index (χ0) is 17.9. The fraction of sp³-hybridized carbons (Fsp3) is 0.0625. The summed E-state index contributed by atoms with van der Waals surface area (Å²) < 4.78 is 61.5. The fourth-order valence-electron chi connectivity index (χ4n) is 2.14. The van der Waals surface area contributed by atoms with E-state index in [9.17, 15) is 25.2 Å². The van der Waals surface area contributed by atoms with E-state index in [1.165, 1.54) is 16.5 Å². The van der Waals surface area contributed by atoms with E-state index in [-0.39, 0.29) is 0 Å². The Hall–Kier alpha value is -2.14. The number of rotatable bonds is 2. The van der Waals surface area contributed by atoms with Gasteiger partial charge in [0.15, 0.2) is 12.7 Å². The molecule has 24 heavy (non-hydrogen) atoms. The van der Waals surface area contributed by atoms with Crippen molar-refractivity contribution in [3.05, 3.63) is 78.5 Å². The van der Waals surface area contributed by atoms with Crippen LogP contribution in [0.4, 0.5) is 25.2 Å². The molecule has 1 nitrogen and oxygen atoms in total. The second-order valence-corrected chi connectivity index (χ2v) is 7.06. The van der Waals surface area contributed by atoms with E-state index in [4.69, 9.17) is 0 Å². The third-order valence-corrected chi connectivity index (χ3v) is 2.98. The van der Waals surface area contributed by atoms with Gasteiger partial charge in [0.05, 0.1) is 0 Å². The summed E-state index contributed by atoms with van der Waals surface area (Å²) in [5.74, 6) is 0. The Morgan fingerprint density at radius 2 is 1.17 bits per heavy atom. The van der Waals surface area contributed by atoms with Crippen LogP contribution in [-0.2, 0) is 6.54 Å². The van der Waals surface area contributed by atoms with E-state index < -0.39 is 7.81 Å². The molecule has 0 radical (unpaired) electrons. The first-order chi connectivity index (χ1) is 10.9. The molecule has 0 aliphatic heterocycles. The fourth-order valence-corrected chi connectivity index (χ4v) is 2.14. The summed E-state index contributed by atoms with van der Waals surface area (Å²) in [5.41, 5.74) is 2.60. The van der Waals surface area contributed by atoms with Crippen LogP contribution in [0.15, 0.2) is 72.9 Å². The van der Waals surface area contributed by atoms with Crippen LogP contribution in [0.5, 0.6) is 0 Å². The molecule has 2 aromatic carbocycles. The van der Waals surface area contributed by atoms with E-state index in [1.54, 1.807) is 0 Å². The number of hydrogen-bond donors (Lipinski definition) is 0. The molecule has 0 aliphatic rings. The summed E-state index contributed by atoms with van der Waals surface area (Å²) in [5, 5.41) is 1.28. The monoisotopic (exact) mass is 365 g/mol. The van der Waals surface area contributed by atoms with Crippen molar-refractivity contribution in [2.45, 2.75) is 6.54 Å². The number of para-hydroxylation sites is 1. The third-order valence-electron chi connectivity index (χ3n) is 2.98. The van der Waals surface area contributed by atoms with Gasteiger partial charge in [0.25, 0.3) is 0 Å². The second-order valence-electron chi connectivity index (χ2n) is 5.14. The molecule has 130 valence electrons. The number of hydrogen-bond acceptors (Lipinski definition) is 0. The van der Waals surface area contributed by atoms with Crippen LogP contribution in [0.1, 0.15) is 5.56 Å². The Morgan fingerprint density at radius 3 is 1.79 bits per heavy atom. The molecule has 0 aliphatic carbocycles. The normalized spacial score (nSPS) is 14.2. The molecule has 0 atom stereocenters. The quantitative estimate of drug-likeness (QED) is 0.275. The Kier molecular flexibility index (Phi) is 4.35. The van der Waals surface area contributed by atoms with Crippen LogP contribution in [-0.4, -0.2) is 0 Å². The van der Waals surface area contributed by atoms with Crippen molar-refractivity contribution in [3.8, 4) is 0 Å². The molecule has 0 bridgehead atoms. The van der Waals surface area contributed by atoms with Crippen molar-refractivity contribution in [3.63, 3.8) is 0 Å². The maximum atomic E-state index is 9.87. The Labute approximate surface area is 134 Å². The van der Waals surface area contributed by atoms with E-state index >= 15 is 0 Å². The Morgan fingerprint density at radius 1 is 0.667 bits per heavy atom. The van der Waals surface area contributed by atoms with E-state index in [2.05, 4.69) is 77.5 Å². The van der Waals surface area contributed by atoms with Gasteiger partial charge < -0.3 is 0 Å². The van der Waals surface area contributed by atoms with Crippen molar-refractivity contribution in [1.29, 1.82) is 0 Å². The number of halogens is 6. The molecular formula is C16H14F6NP. The van der Waals surface area contributed by atoms with Gasteiger partial charge >= 0.3 is 33.0 Å². The van der Waals surface area contributed by atoms with Gasteiger partial charge in [-0.15, -0.1) is 0 Å². The van der Waals surface area contributed by atoms with Crippen molar-refractivity contribution >= 4 is 18.7 Å². The molecule has 1 aromatic heterocycles. The Bertz CT molecular complexity index is 815. The van der Waals surface area contributed by atoms with Crippen LogP contribution in [0.25, 0.3) is 10.9 Å². The number of fused-ring (bicyclic) bond motifs is 1. The van der Waals surface area contributed by atoms with Crippen molar-refractivity contribution in [2.75, 3.05) is 0 Å². The topological polar surface area (TPSA) is 3.88 Å². The van der Waals surface area contributed by atoms with Gasteiger partial charge in [-0.3, -0.25) is 0 Å². The summed E-state index contributed by atoms with van der Waals surface area (Å²) in [6, 6.07) is 23.3. The summed E-state index contributed by atoms with van der Waals surface area (Å²) >= 11 is 0. The first kappa shape index (κ1) is 18.2. The predicted molar refractivity (Wildman–Crippen MR) is 83.3 cm³/mol. The predicted octanol–water partition coefficient (Wildman–Crippen LogP) is 6.56. The van der Waals surface area contributed by atoms with Crippen molar-refractivity contribution in [1.82, 2.24) is 0 Å². The average molecular weight is 365 g/mol. The molecule has 3 rings (SSSR count). The largest absolute Gasteiger partial charge is 0.212 e. The zero-order valence-corrected chi connectivity index (χ0v) is 13.2.